The number of carbonyl (C=O) groups excluding carboxylic acids is 1. The van der Waals surface area contributed by atoms with E-state index in [-0.39, 0.29) is 5.97 Å². The third kappa shape index (κ3) is 3.84. The molecule has 1 N–H and O–H groups in total. The van der Waals surface area contributed by atoms with Crippen molar-refractivity contribution in [3.63, 3.8) is 0 Å². The highest BCUT2D eigenvalue weighted by Gasteiger charge is 2.05. The van der Waals surface area contributed by atoms with Crippen molar-refractivity contribution < 1.29 is 9.53 Å². The van der Waals surface area contributed by atoms with Gasteiger partial charge < -0.3 is 10.1 Å². The molecular formula is C16H19NO2S. The summed E-state index contributed by atoms with van der Waals surface area (Å²) in [5.41, 5.74) is 1.59. The van der Waals surface area contributed by atoms with Crippen LogP contribution in [-0.2, 0) is 17.7 Å². The number of hydrogen-bond donors (Lipinski definition) is 1. The van der Waals surface area contributed by atoms with Gasteiger partial charge in [-0.1, -0.05) is 6.92 Å². The lowest BCUT2D eigenvalue weighted by Gasteiger charge is -2.06. The first-order valence-corrected chi connectivity index (χ1v) is 7.63. The van der Waals surface area contributed by atoms with Gasteiger partial charge >= 0.3 is 5.97 Å². The molecule has 0 unspecified atom stereocenters. The number of hydrogen-bond acceptors (Lipinski definition) is 4. The molecule has 0 amide bonds. The quantitative estimate of drug-likeness (QED) is 0.814. The third-order valence-electron chi connectivity index (χ3n) is 2.93. The largest absolute Gasteiger partial charge is 0.462 e. The van der Waals surface area contributed by atoms with Gasteiger partial charge in [-0.2, -0.15) is 0 Å². The maximum atomic E-state index is 11.5. The minimum Gasteiger partial charge on any atom is -0.462 e. The van der Waals surface area contributed by atoms with Gasteiger partial charge in [0.05, 0.1) is 12.2 Å². The fourth-order valence-corrected chi connectivity index (χ4v) is 2.73. The Morgan fingerprint density at radius 3 is 2.40 bits per heavy atom. The maximum absolute atomic E-state index is 11.5. The van der Waals surface area contributed by atoms with Crippen molar-refractivity contribution in [1.29, 1.82) is 0 Å². The fourth-order valence-electron chi connectivity index (χ4n) is 1.84. The number of benzene rings is 1. The molecule has 2 rings (SSSR count). The minimum absolute atomic E-state index is 0.273. The molecule has 0 radical (unpaired) electrons. The first-order valence-electron chi connectivity index (χ1n) is 6.81. The zero-order chi connectivity index (χ0) is 14.4. The average Bonchev–Trinajstić information content (AvgIpc) is 2.94. The van der Waals surface area contributed by atoms with E-state index >= 15 is 0 Å². The fraction of sp³-hybridized carbons (Fsp3) is 0.312. The molecule has 0 spiro atoms. The van der Waals surface area contributed by atoms with Crippen LogP contribution in [0.5, 0.6) is 0 Å². The van der Waals surface area contributed by atoms with Crippen LogP contribution in [0, 0.1) is 0 Å². The van der Waals surface area contributed by atoms with E-state index in [0.29, 0.717) is 12.2 Å². The third-order valence-corrected chi connectivity index (χ3v) is 4.16. The molecule has 0 fully saturated rings. The zero-order valence-electron chi connectivity index (χ0n) is 11.8. The van der Waals surface area contributed by atoms with Gasteiger partial charge in [0.2, 0.25) is 0 Å². The van der Waals surface area contributed by atoms with Crippen LogP contribution in [0.4, 0.5) is 5.69 Å². The minimum atomic E-state index is -0.273. The van der Waals surface area contributed by atoms with Crippen LogP contribution in [0.3, 0.4) is 0 Å². The van der Waals surface area contributed by atoms with E-state index in [0.717, 1.165) is 18.7 Å². The van der Waals surface area contributed by atoms with E-state index in [1.54, 1.807) is 19.1 Å². The molecule has 1 heterocycles. The van der Waals surface area contributed by atoms with Crippen LogP contribution >= 0.6 is 11.3 Å². The molecule has 0 aliphatic rings. The summed E-state index contributed by atoms with van der Waals surface area (Å²) in [6, 6.07) is 11.7. The van der Waals surface area contributed by atoms with Crippen molar-refractivity contribution in [1.82, 2.24) is 0 Å². The van der Waals surface area contributed by atoms with Crippen molar-refractivity contribution >= 4 is 23.0 Å². The van der Waals surface area contributed by atoms with Crippen LogP contribution in [0.2, 0.25) is 0 Å². The van der Waals surface area contributed by atoms with Crippen molar-refractivity contribution in [2.45, 2.75) is 26.8 Å². The van der Waals surface area contributed by atoms with Gasteiger partial charge in [0.25, 0.3) is 0 Å². The monoisotopic (exact) mass is 289 g/mol. The lowest BCUT2D eigenvalue weighted by atomic mass is 10.2. The first-order chi connectivity index (χ1) is 9.72. The normalized spacial score (nSPS) is 10.3. The van der Waals surface area contributed by atoms with E-state index in [4.69, 9.17) is 4.74 Å². The van der Waals surface area contributed by atoms with E-state index in [9.17, 15) is 4.79 Å². The van der Waals surface area contributed by atoms with Crippen molar-refractivity contribution in [3.05, 3.63) is 51.7 Å². The second-order valence-corrected chi connectivity index (χ2v) is 5.63. The molecule has 4 heteroatoms. The Balaban J connectivity index is 1.92. The summed E-state index contributed by atoms with van der Waals surface area (Å²) >= 11 is 1.83. The number of ether oxygens (including phenoxy) is 1. The Kier molecular flexibility index (Phi) is 5.18. The Bertz CT molecular complexity index is 560. The number of thiophene rings is 1. The SMILES string of the molecule is CCOC(=O)c1ccc(NCc2ccc(CC)s2)cc1. The zero-order valence-corrected chi connectivity index (χ0v) is 12.6. The molecule has 106 valence electrons. The number of anilines is 1. The van der Waals surface area contributed by atoms with Gasteiger partial charge in [0.1, 0.15) is 0 Å². The second-order valence-electron chi connectivity index (χ2n) is 4.37. The highest BCUT2D eigenvalue weighted by Crippen LogP contribution is 2.19. The summed E-state index contributed by atoms with van der Waals surface area (Å²) in [5.74, 6) is -0.273. The van der Waals surface area contributed by atoms with Gasteiger partial charge in [-0.25, -0.2) is 4.79 Å². The van der Waals surface area contributed by atoms with Gasteiger partial charge in [-0.05, 0) is 49.7 Å². The molecule has 0 saturated heterocycles. The lowest BCUT2D eigenvalue weighted by molar-refractivity contribution is 0.0526. The highest BCUT2D eigenvalue weighted by molar-refractivity contribution is 7.12. The van der Waals surface area contributed by atoms with Gasteiger partial charge in [-0.3, -0.25) is 0 Å². The number of carbonyl (C=O) groups is 1. The summed E-state index contributed by atoms with van der Waals surface area (Å²) in [5, 5.41) is 3.35. The molecule has 0 bridgehead atoms. The number of esters is 1. The first kappa shape index (κ1) is 14.6. The molecule has 1 aromatic heterocycles. The molecule has 3 nitrogen and oxygen atoms in total. The second kappa shape index (κ2) is 7.10. The number of rotatable bonds is 6. The molecule has 0 aliphatic heterocycles. The summed E-state index contributed by atoms with van der Waals surface area (Å²) in [4.78, 5) is 14.2. The van der Waals surface area contributed by atoms with Crippen LogP contribution in [-0.4, -0.2) is 12.6 Å². The van der Waals surface area contributed by atoms with Crippen LogP contribution in [0.25, 0.3) is 0 Å². The van der Waals surface area contributed by atoms with Gasteiger partial charge in [0, 0.05) is 22.0 Å². The Hall–Kier alpha value is -1.81. The van der Waals surface area contributed by atoms with Crippen LogP contribution in [0.15, 0.2) is 36.4 Å². The maximum Gasteiger partial charge on any atom is 0.338 e. The molecule has 0 saturated carbocycles. The number of nitrogens with one attached hydrogen (secondary N) is 1. The highest BCUT2D eigenvalue weighted by atomic mass is 32.1. The predicted molar refractivity (Wildman–Crippen MR) is 83.4 cm³/mol. The van der Waals surface area contributed by atoms with Gasteiger partial charge in [-0.15, -0.1) is 11.3 Å². The Labute approximate surface area is 123 Å². The average molecular weight is 289 g/mol. The van der Waals surface area contributed by atoms with E-state index < -0.39 is 0 Å². The predicted octanol–water partition coefficient (Wildman–Crippen LogP) is 4.10. The Morgan fingerprint density at radius 2 is 1.80 bits per heavy atom. The van der Waals surface area contributed by atoms with E-state index in [2.05, 4.69) is 24.4 Å². The summed E-state index contributed by atoms with van der Waals surface area (Å²) in [6.07, 6.45) is 1.08. The Morgan fingerprint density at radius 1 is 1.10 bits per heavy atom. The standard InChI is InChI=1S/C16H19NO2S/c1-3-14-9-10-15(20-14)11-17-13-7-5-12(6-8-13)16(18)19-4-2/h5-10,17H,3-4,11H2,1-2H3. The van der Waals surface area contributed by atoms with Crippen LogP contribution in [0.1, 0.15) is 34.0 Å². The van der Waals surface area contributed by atoms with Crippen LogP contribution < -0.4 is 5.32 Å². The smallest absolute Gasteiger partial charge is 0.338 e. The molecule has 1 aromatic carbocycles. The summed E-state index contributed by atoms with van der Waals surface area (Å²) in [6.45, 7) is 5.18. The van der Waals surface area contributed by atoms with E-state index in [1.807, 2.05) is 23.5 Å². The molecular weight excluding hydrogens is 270 g/mol. The summed E-state index contributed by atoms with van der Waals surface area (Å²) in [7, 11) is 0. The van der Waals surface area contributed by atoms with Crippen molar-refractivity contribution in [2.24, 2.45) is 0 Å². The lowest BCUT2D eigenvalue weighted by Crippen LogP contribution is -2.04. The summed E-state index contributed by atoms with van der Waals surface area (Å²) < 4.78 is 4.95. The van der Waals surface area contributed by atoms with Crippen molar-refractivity contribution in [2.75, 3.05) is 11.9 Å². The number of aryl methyl sites for hydroxylation is 1. The molecule has 2 aromatic rings. The topological polar surface area (TPSA) is 38.3 Å². The molecule has 0 aliphatic carbocycles. The molecule has 0 atom stereocenters. The van der Waals surface area contributed by atoms with Crippen molar-refractivity contribution in [3.8, 4) is 0 Å². The van der Waals surface area contributed by atoms with Gasteiger partial charge in [0.15, 0.2) is 0 Å². The van der Waals surface area contributed by atoms with E-state index in [1.165, 1.54) is 9.75 Å². The molecule has 20 heavy (non-hydrogen) atoms.